The molecule has 0 radical (unpaired) electrons. The summed E-state index contributed by atoms with van der Waals surface area (Å²) in [7, 11) is 0. The first-order valence-corrected chi connectivity index (χ1v) is 12.2. The minimum atomic E-state index is -0.130. The van der Waals surface area contributed by atoms with Gasteiger partial charge in [0.05, 0.1) is 11.0 Å². The zero-order chi connectivity index (χ0) is 23.3. The molecule has 2 aromatic heterocycles. The molecule has 174 valence electrons. The van der Waals surface area contributed by atoms with E-state index in [4.69, 9.17) is 11.6 Å². The molecule has 0 atom stereocenters. The normalized spacial score (nSPS) is 18.0. The first-order valence-electron chi connectivity index (χ1n) is 11.8. The second kappa shape index (κ2) is 10.3. The second-order valence-electron chi connectivity index (χ2n) is 8.91. The van der Waals surface area contributed by atoms with E-state index in [1.807, 2.05) is 36.7 Å². The minimum Gasteiger partial charge on any atom is -0.385 e. The number of hydrogen-bond acceptors (Lipinski definition) is 4. The summed E-state index contributed by atoms with van der Waals surface area (Å²) in [6, 6.07) is 17.8. The Balaban J connectivity index is 1.27. The molecular formula is C27H28ClN5O. The van der Waals surface area contributed by atoms with Gasteiger partial charge in [0.15, 0.2) is 0 Å². The molecule has 0 spiro atoms. The van der Waals surface area contributed by atoms with Crippen LogP contribution >= 0.6 is 11.6 Å². The van der Waals surface area contributed by atoms with E-state index in [2.05, 4.69) is 49.4 Å². The number of alkyl halides is 1. The van der Waals surface area contributed by atoms with Gasteiger partial charge in [-0.15, -0.1) is 11.6 Å². The highest BCUT2D eigenvalue weighted by molar-refractivity contribution is 6.20. The van der Waals surface area contributed by atoms with Crippen LogP contribution in [-0.4, -0.2) is 32.4 Å². The average molecular weight is 474 g/mol. The van der Waals surface area contributed by atoms with Crippen molar-refractivity contribution in [1.29, 1.82) is 0 Å². The van der Waals surface area contributed by atoms with E-state index in [0.717, 1.165) is 47.4 Å². The Bertz CT molecular complexity index is 1260. The number of pyridine rings is 1. The molecule has 1 amide bonds. The summed E-state index contributed by atoms with van der Waals surface area (Å²) in [4.78, 5) is 21.3. The molecule has 1 fully saturated rings. The van der Waals surface area contributed by atoms with Crippen LogP contribution in [0.25, 0.3) is 16.7 Å². The zero-order valence-corrected chi connectivity index (χ0v) is 19.7. The molecule has 34 heavy (non-hydrogen) atoms. The molecule has 2 heterocycles. The van der Waals surface area contributed by atoms with Crippen molar-refractivity contribution in [3.05, 3.63) is 84.4 Å². The van der Waals surface area contributed by atoms with E-state index in [0.29, 0.717) is 23.4 Å². The highest BCUT2D eigenvalue weighted by Gasteiger charge is 2.19. The fourth-order valence-corrected chi connectivity index (χ4v) is 4.75. The number of amides is 1. The maximum atomic E-state index is 12.6. The average Bonchev–Trinajstić information content (AvgIpc) is 3.31. The predicted octanol–water partition coefficient (Wildman–Crippen LogP) is 5.56. The Morgan fingerprint density at radius 1 is 1.06 bits per heavy atom. The van der Waals surface area contributed by atoms with Crippen LogP contribution in [0.4, 0.5) is 5.69 Å². The van der Waals surface area contributed by atoms with Crippen LogP contribution in [0.5, 0.6) is 0 Å². The molecule has 0 aliphatic heterocycles. The number of nitrogens with one attached hydrogen (secondary N) is 2. The van der Waals surface area contributed by atoms with Gasteiger partial charge in [-0.3, -0.25) is 14.3 Å². The van der Waals surface area contributed by atoms with E-state index >= 15 is 0 Å². The lowest BCUT2D eigenvalue weighted by Crippen LogP contribution is -2.22. The van der Waals surface area contributed by atoms with Crippen molar-refractivity contribution >= 4 is 34.2 Å². The molecule has 1 aliphatic carbocycles. The van der Waals surface area contributed by atoms with Gasteiger partial charge in [-0.2, -0.15) is 0 Å². The lowest BCUT2D eigenvalue weighted by molar-refractivity contribution is 0.0951. The van der Waals surface area contributed by atoms with Crippen molar-refractivity contribution in [3.8, 4) is 5.69 Å². The predicted molar refractivity (Wildman–Crippen MR) is 137 cm³/mol. The topological polar surface area (TPSA) is 71.8 Å². The van der Waals surface area contributed by atoms with Crippen LogP contribution in [0.15, 0.2) is 73.3 Å². The van der Waals surface area contributed by atoms with Gasteiger partial charge in [-0.25, -0.2) is 4.98 Å². The number of carbonyl (C=O) groups excluding carboxylic acids is 1. The number of carbonyl (C=O) groups is 1. The number of nitrogens with zero attached hydrogens (tertiary/aromatic N) is 3. The molecular weight excluding hydrogens is 446 g/mol. The van der Waals surface area contributed by atoms with Gasteiger partial charge in [0.2, 0.25) is 0 Å². The first-order chi connectivity index (χ1) is 16.7. The third-order valence-corrected chi connectivity index (χ3v) is 6.92. The van der Waals surface area contributed by atoms with Crippen LogP contribution in [0.3, 0.4) is 0 Å². The van der Waals surface area contributed by atoms with E-state index in [9.17, 15) is 4.79 Å². The summed E-state index contributed by atoms with van der Waals surface area (Å²) in [5, 5.41) is 6.89. The maximum absolute atomic E-state index is 12.6. The zero-order valence-electron chi connectivity index (χ0n) is 19.0. The molecule has 2 aromatic carbocycles. The number of rotatable bonds is 7. The van der Waals surface area contributed by atoms with Crippen molar-refractivity contribution < 1.29 is 4.79 Å². The number of aromatic nitrogens is 3. The van der Waals surface area contributed by atoms with Crippen LogP contribution in [-0.2, 0) is 6.54 Å². The summed E-state index contributed by atoms with van der Waals surface area (Å²) in [5.41, 5.74) is 5.42. The van der Waals surface area contributed by atoms with Crippen LogP contribution < -0.4 is 10.6 Å². The Morgan fingerprint density at radius 3 is 2.76 bits per heavy atom. The number of imidazole rings is 1. The van der Waals surface area contributed by atoms with Crippen molar-refractivity contribution in [3.63, 3.8) is 0 Å². The van der Waals surface area contributed by atoms with Gasteiger partial charge in [0.1, 0.15) is 6.33 Å². The van der Waals surface area contributed by atoms with Crippen molar-refractivity contribution in [2.75, 3.05) is 11.9 Å². The van der Waals surface area contributed by atoms with E-state index in [-0.39, 0.29) is 5.91 Å². The van der Waals surface area contributed by atoms with E-state index in [1.165, 1.54) is 12.8 Å². The lowest BCUT2D eigenvalue weighted by atomic mass is 9.89. The van der Waals surface area contributed by atoms with Gasteiger partial charge in [-0.05, 0) is 79.6 Å². The standard InChI is InChI=1S/C27H28ClN5O/c28-22-9-6-19(7-10-22)16-30-23-4-1-5-24(14-23)33-18-32-25-13-21(8-11-26(25)33)27(34)31-17-20-3-2-12-29-15-20/h1-5,8,11-15,18-19,22,30H,6-7,9-10,16-17H2,(H,31,34). The number of hydrogen-bond donors (Lipinski definition) is 2. The second-order valence-corrected chi connectivity index (χ2v) is 9.53. The highest BCUT2D eigenvalue weighted by Crippen LogP contribution is 2.28. The third kappa shape index (κ3) is 5.23. The molecule has 2 N–H and O–H groups in total. The van der Waals surface area contributed by atoms with Crippen molar-refractivity contribution in [2.24, 2.45) is 5.92 Å². The molecule has 7 heteroatoms. The summed E-state index contributed by atoms with van der Waals surface area (Å²) >= 11 is 6.24. The van der Waals surface area contributed by atoms with Crippen LogP contribution in [0, 0.1) is 5.92 Å². The maximum Gasteiger partial charge on any atom is 0.251 e. The van der Waals surface area contributed by atoms with Gasteiger partial charge in [-0.1, -0.05) is 12.1 Å². The van der Waals surface area contributed by atoms with E-state index in [1.54, 1.807) is 12.4 Å². The SMILES string of the molecule is O=C(NCc1cccnc1)c1ccc2c(c1)ncn2-c1cccc(NCC2CCC(Cl)CC2)c1. The van der Waals surface area contributed by atoms with Crippen molar-refractivity contribution in [2.45, 2.75) is 37.6 Å². The molecule has 5 rings (SSSR count). The quantitative estimate of drug-likeness (QED) is 0.345. The monoisotopic (exact) mass is 473 g/mol. The highest BCUT2D eigenvalue weighted by atomic mass is 35.5. The van der Waals surface area contributed by atoms with Crippen LogP contribution in [0.2, 0.25) is 0 Å². The molecule has 0 unspecified atom stereocenters. The molecule has 0 saturated heterocycles. The van der Waals surface area contributed by atoms with Gasteiger partial charge in [0.25, 0.3) is 5.91 Å². The number of fused-ring (bicyclic) bond motifs is 1. The Kier molecular flexibility index (Phi) is 6.77. The summed E-state index contributed by atoms with van der Waals surface area (Å²) in [6.45, 7) is 1.40. The Hall–Kier alpha value is -3.38. The van der Waals surface area contributed by atoms with Crippen molar-refractivity contribution in [1.82, 2.24) is 19.9 Å². The summed E-state index contributed by atoms with van der Waals surface area (Å²) < 4.78 is 2.05. The van der Waals surface area contributed by atoms with Gasteiger partial charge >= 0.3 is 0 Å². The number of anilines is 1. The lowest BCUT2D eigenvalue weighted by Gasteiger charge is -2.25. The Morgan fingerprint density at radius 2 is 1.94 bits per heavy atom. The smallest absolute Gasteiger partial charge is 0.251 e. The fourth-order valence-electron chi connectivity index (χ4n) is 4.50. The molecule has 4 aromatic rings. The van der Waals surface area contributed by atoms with Gasteiger partial charge < -0.3 is 10.6 Å². The number of halogens is 1. The van der Waals surface area contributed by atoms with Crippen LogP contribution in [0.1, 0.15) is 41.6 Å². The van der Waals surface area contributed by atoms with E-state index < -0.39 is 0 Å². The first kappa shape index (κ1) is 22.4. The third-order valence-electron chi connectivity index (χ3n) is 6.48. The summed E-state index contributed by atoms with van der Waals surface area (Å²) in [5.74, 6) is 0.546. The molecule has 6 nitrogen and oxygen atoms in total. The minimum absolute atomic E-state index is 0.130. The molecule has 0 bridgehead atoms. The Labute approximate surface area is 204 Å². The fraction of sp³-hybridized carbons (Fsp3) is 0.296. The van der Waals surface area contributed by atoms with Gasteiger partial charge in [0, 0.05) is 47.8 Å². The molecule has 1 saturated carbocycles. The molecule has 1 aliphatic rings. The largest absolute Gasteiger partial charge is 0.385 e. The number of benzene rings is 2. The summed E-state index contributed by atoms with van der Waals surface area (Å²) in [6.07, 6.45) is 9.86.